The summed E-state index contributed by atoms with van der Waals surface area (Å²) in [5.41, 5.74) is 0. The second-order valence-electron chi connectivity index (χ2n) is 3.58. The number of fused-ring (bicyclic) bond motifs is 1. The summed E-state index contributed by atoms with van der Waals surface area (Å²) in [6.45, 7) is 0.743. The molecule has 2 aliphatic rings. The van der Waals surface area contributed by atoms with Crippen molar-refractivity contribution in [3.63, 3.8) is 0 Å². The molecule has 0 spiro atoms. The number of amides is 1. The smallest absolute Gasteiger partial charge is 0.254 e. The van der Waals surface area contributed by atoms with Crippen LogP contribution in [-0.4, -0.2) is 45.8 Å². The lowest BCUT2D eigenvalue weighted by molar-refractivity contribution is -0.155. The Morgan fingerprint density at radius 1 is 1.42 bits per heavy atom. The normalized spacial score (nSPS) is 41.7. The number of nitrogens with zero attached hydrogens (tertiary/aromatic N) is 1. The van der Waals surface area contributed by atoms with Crippen molar-refractivity contribution in [1.29, 1.82) is 0 Å². The van der Waals surface area contributed by atoms with Gasteiger partial charge in [-0.05, 0) is 19.3 Å². The number of hydrogen-bond donors (Lipinski definition) is 2. The van der Waals surface area contributed by atoms with E-state index in [4.69, 9.17) is 0 Å². The van der Waals surface area contributed by atoms with Gasteiger partial charge in [0, 0.05) is 12.6 Å². The van der Waals surface area contributed by atoms with E-state index in [2.05, 4.69) is 0 Å². The van der Waals surface area contributed by atoms with Gasteiger partial charge in [0.1, 0.15) is 0 Å². The van der Waals surface area contributed by atoms with Gasteiger partial charge >= 0.3 is 0 Å². The van der Waals surface area contributed by atoms with Gasteiger partial charge in [0.15, 0.2) is 6.10 Å². The third-order valence-corrected chi connectivity index (χ3v) is 2.79. The number of aliphatic hydroxyl groups excluding tert-OH is 2. The zero-order valence-corrected chi connectivity index (χ0v) is 6.81. The van der Waals surface area contributed by atoms with Crippen LogP contribution in [0.3, 0.4) is 0 Å². The molecule has 0 bridgehead atoms. The third-order valence-electron chi connectivity index (χ3n) is 2.79. The molecule has 0 aliphatic carbocycles. The van der Waals surface area contributed by atoms with Gasteiger partial charge in [0.25, 0.3) is 5.91 Å². The number of rotatable bonds is 0. The zero-order valence-electron chi connectivity index (χ0n) is 6.81. The van der Waals surface area contributed by atoms with Gasteiger partial charge in [-0.25, -0.2) is 0 Å². The highest BCUT2D eigenvalue weighted by Gasteiger charge is 2.41. The summed E-state index contributed by atoms with van der Waals surface area (Å²) in [6, 6.07) is 0.177. The van der Waals surface area contributed by atoms with Crippen LogP contribution in [0.25, 0.3) is 0 Å². The van der Waals surface area contributed by atoms with Crippen LogP contribution < -0.4 is 0 Å². The SMILES string of the molecule is O=C1[C@H](O)[C@H](O)C[C@H]2CCCN12. The fourth-order valence-electron chi connectivity index (χ4n) is 2.11. The maximum absolute atomic E-state index is 11.3. The fourth-order valence-corrected chi connectivity index (χ4v) is 2.11. The van der Waals surface area contributed by atoms with Crippen LogP contribution in [0.1, 0.15) is 19.3 Å². The second kappa shape index (κ2) is 2.71. The molecule has 68 valence electrons. The highest BCUT2D eigenvalue weighted by Crippen LogP contribution is 2.27. The van der Waals surface area contributed by atoms with Crippen molar-refractivity contribution < 1.29 is 15.0 Å². The van der Waals surface area contributed by atoms with E-state index in [1.165, 1.54) is 0 Å². The molecule has 2 fully saturated rings. The van der Waals surface area contributed by atoms with E-state index in [-0.39, 0.29) is 11.9 Å². The van der Waals surface area contributed by atoms with E-state index >= 15 is 0 Å². The fraction of sp³-hybridized carbons (Fsp3) is 0.875. The molecule has 2 N–H and O–H groups in total. The molecule has 0 aromatic heterocycles. The summed E-state index contributed by atoms with van der Waals surface area (Å²) < 4.78 is 0. The van der Waals surface area contributed by atoms with Crippen molar-refractivity contribution in [1.82, 2.24) is 4.90 Å². The Bertz CT molecular complexity index is 206. The maximum Gasteiger partial charge on any atom is 0.254 e. The Balaban J connectivity index is 2.16. The first-order valence-electron chi connectivity index (χ1n) is 4.37. The summed E-state index contributed by atoms with van der Waals surface area (Å²) in [5, 5.41) is 18.5. The first kappa shape index (κ1) is 8.01. The molecule has 12 heavy (non-hydrogen) atoms. The predicted molar refractivity (Wildman–Crippen MR) is 41.4 cm³/mol. The molecule has 0 aromatic rings. The summed E-state index contributed by atoms with van der Waals surface area (Å²) in [5.74, 6) is -0.295. The number of carbonyl (C=O) groups excluding carboxylic acids is 1. The molecule has 4 heteroatoms. The Labute approximate surface area is 70.8 Å². The van der Waals surface area contributed by atoms with Crippen LogP contribution in [0, 0.1) is 0 Å². The van der Waals surface area contributed by atoms with Crippen LogP contribution in [0.4, 0.5) is 0 Å². The van der Waals surface area contributed by atoms with Crippen molar-refractivity contribution in [2.75, 3.05) is 6.54 Å². The maximum atomic E-state index is 11.3. The molecular formula is C8H13NO3. The molecule has 2 saturated heterocycles. The summed E-state index contributed by atoms with van der Waals surface area (Å²) in [4.78, 5) is 13.0. The minimum atomic E-state index is -1.18. The van der Waals surface area contributed by atoms with E-state index in [1.807, 2.05) is 0 Å². The molecule has 1 amide bonds. The Hall–Kier alpha value is -0.610. The number of piperidine rings is 1. The van der Waals surface area contributed by atoms with Gasteiger partial charge < -0.3 is 15.1 Å². The van der Waals surface area contributed by atoms with Gasteiger partial charge in [-0.2, -0.15) is 0 Å². The standard InChI is InChI=1S/C8H13NO3/c10-6-4-5-2-1-3-9(5)8(12)7(6)11/h5-7,10-11H,1-4H2/t5-,6-,7-/m1/s1. The molecule has 2 aliphatic heterocycles. The minimum Gasteiger partial charge on any atom is -0.390 e. The molecule has 0 radical (unpaired) electrons. The Kier molecular flexibility index (Phi) is 1.81. The molecule has 0 saturated carbocycles. The third kappa shape index (κ3) is 1.03. The average Bonchev–Trinajstić information content (AvgIpc) is 2.48. The van der Waals surface area contributed by atoms with Crippen molar-refractivity contribution in [3.05, 3.63) is 0 Å². The highest BCUT2D eigenvalue weighted by molar-refractivity contribution is 5.82. The lowest BCUT2D eigenvalue weighted by Crippen LogP contribution is -2.53. The van der Waals surface area contributed by atoms with Crippen LogP contribution in [0.15, 0.2) is 0 Å². The molecule has 3 atom stereocenters. The predicted octanol–water partition coefficient (Wildman–Crippen LogP) is -0.897. The molecule has 0 aromatic carbocycles. The van der Waals surface area contributed by atoms with Crippen LogP contribution >= 0.6 is 0 Å². The number of carbonyl (C=O) groups is 1. The lowest BCUT2D eigenvalue weighted by Gasteiger charge is -2.35. The summed E-state index contributed by atoms with van der Waals surface area (Å²) in [6.07, 6.45) is 0.467. The molecular weight excluding hydrogens is 158 g/mol. The van der Waals surface area contributed by atoms with E-state index in [1.54, 1.807) is 4.90 Å². The number of aliphatic hydroxyl groups is 2. The Morgan fingerprint density at radius 2 is 2.17 bits per heavy atom. The monoisotopic (exact) mass is 171 g/mol. The average molecular weight is 171 g/mol. The van der Waals surface area contributed by atoms with Crippen LogP contribution in [0.2, 0.25) is 0 Å². The van der Waals surface area contributed by atoms with Gasteiger partial charge in [-0.15, -0.1) is 0 Å². The highest BCUT2D eigenvalue weighted by atomic mass is 16.3. The van der Waals surface area contributed by atoms with Crippen molar-refractivity contribution >= 4 is 5.91 Å². The molecule has 2 heterocycles. The molecule has 0 unspecified atom stereocenters. The van der Waals surface area contributed by atoms with Gasteiger partial charge in [0.05, 0.1) is 6.10 Å². The molecule has 4 nitrogen and oxygen atoms in total. The first-order chi connectivity index (χ1) is 5.70. The topological polar surface area (TPSA) is 60.8 Å². The second-order valence-corrected chi connectivity index (χ2v) is 3.58. The first-order valence-corrected chi connectivity index (χ1v) is 4.37. The van der Waals surface area contributed by atoms with Crippen LogP contribution in [-0.2, 0) is 4.79 Å². The summed E-state index contributed by atoms with van der Waals surface area (Å²) >= 11 is 0. The van der Waals surface area contributed by atoms with E-state index in [0.717, 1.165) is 19.4 Å². The quantitative estimate of drug-likeness (QED) is 0.496. The van der Waals surface area contributed by atoms with Gasteiger partial charge in [0.2, 0.25) is 0 Å². The van der Waals surface area contributed by atoms with Gasteiger partial charge in [-0.1, -0.05) is 0 Å². The summed E-state index contributed by atoms with van der Waals surface area (Å²) in [7, 11) is 0. The zero-order chi connectivity index (χ0) is 8.72. The number of hydrogen-bond acceptors (Lipinski definition) is 3. The van der Waals surface area contributed by atoms with E-state index < -0.39 is 12.2 Å². The lowest BCUT2D eigenvalue weighted by atomic mass is 9.97. The largest absolute Gasteiger partial charge is 0.390 e. The van der Waals surface area contributed by atoms with Crippen LogP contribution in [0.5, 0.6) is 0 Å². The van der Waals surface area contributed by atoms with Crippen molar-refractivity contribution in [2.45, 2.75) is 37.5 Å². The van der Waals surface area contributed by atoms with Crippen molar-refractivity contribution in [3.8, 4) is 0 Å². The minimum absolute atomic E-state index is 0.177. The Morgan fingerprint density at radius 3 is 2.92 bits per heavy atom. The van der Waals surface area contributed by atoms with Gasteiger partial charge in [-0.3, -0.25) is 4.79 Å². The van der Waals surface area contributed by atoms with E-state index in [0.29, 0.717) is 6.42 Å². The van der Waals surface area contributed by atoms with E-state index in [9.17, 15) is 15.0 Å². The molecule has 2 rings (SSSR count). The van der Waals surface area contributed by atoms with Crippen molar-refractivity contribution in [2.24, 2.45) is 0 Å².